The van der Waals surface area contributed by atoms with E-state index in [2.05, 4.69) is 6.07 Å². The van der Waals surface area contributed by atoms with Gasteiger partial charge in [-0.05, 0) is 30.9 Å². The molecule has 0 heterocycles. The predicted octanol–water partition coefficient (Wildman–Crippen LogP) is 2.76. The van der Waals surface area contributed by atoms with Gasteiger partial charge in [-0.2, -0.15) is 0 Å². The van der Waals surface area contributed by atoms with E-state index < -0.39 is 0 Å². The Morgan fingerprint density at radius 3 is 2.92 bits per heavy atom. The van der Waals surface area contributed by atoms with Crippen LogP contribution in [0.4, 0.5) is 0 Å². The Bertz CT molecular complexity index is 352. The van der Waals surface area contributed by atoms with E-state index in [-0.39, 0.29) is 5.92 Å². The number of carbonyl (C=O) groups excluding carboxylic acids is 1. The molecule has 1 atom stereocenters. The van der Waals surface area contributed by atoms with Crippen LogP contribution in [0.1, 0.15) is 34.8 Å². The fraction of sp³-hybridized carbons (Fsp3) is 0.417. The van der Waals surface area contributed by atoms with Gasteiger partial charge in [-0.1, -0.05) is 25.1 Å². The number of fused-ring (bicyclic) bond motifs is 1. The number of ketones is 1. The van der Waals surface area contributed by atoms with Crippen LogP contribution in [0.3, 0.4) is 0 Å². The highest BCUT2D eigenvalue weighted by molar-refractivity contribution is 6.01. The van der Waals surface area contributed by atoms with Gasteiger partial charge in [0.05, 0.1) is 0 Å². The number of hydrogen-bond acceptors (Lipinski definition) is 1. The minimum Gasteiger partial charge on any atom is -0.294 e. The number of hydrogen-bond donors (Lipinski definition) is 0. The topological polar surface area (TPSA) is 17.1 Å². The molecule has 0 spiro atoms. The first kappa shape index (κ1) is 8.49. The van der Waals surface area contributed by atoms with E-state index in [0.717, 1.165) is 24.0 Å². The Balaban J connectivity index is 2.57. The van der Waals surface area contributed by atoms with E-state index in [1.165, 1.54) is 5.56 Å². The Labute approximate surface area is 78.8 Å². The predicted molar refractivity (Wildman–Crippen MR) is 53.0 cm³/mol. The van der Waals surface area contributed by atoms with Crippen molar-refractivity contribution in [3.8, 4) is 0 Å². The Hall–Kier alpha value is -1.11. The largest absolute Gasteiger partial charge is 0.294 e. The first-order chi connectivity index (χ1) is 6.20. The minimum atomic E-state index is 0.216. The van der Waals surface area contributed by atoms with Gasteiger partial charge in [-0.3, -0.25) is 4.79 Å². The lowest BCUT2D eigenvalue weighted by molar-refractivity contribution is 0.0913. The zero-order chi connectivity index (χ0) is 9.42. The van der Waals surface area contributed by atoms with Crippen LogP contribution in [0, 0.1) is 12.8 Å². The molecular weight excluding hydrogens is 160 g/mol. The third kappa shape index (κ3) is 1.28. The molecule has 1 aromatic carbocycles. The molecule has 0 bridgehead atoms. The van der Waals surface area contributed by atoms with Gasteiger partial charge in [-0.25, -0.2) is 0 Å². The van der Waals surface area contributed by atoms with Crippen LogP contribution in [0.15, 0.2) is 18.2 Å². The van der Waals surface area contributed by atoms with E-state index in [1.807, 2.05) is 26.0 Å². The summed E-state index contributed by atoms with van der Waals surface area (Å²) in [7, 11) is 0. The molecule has 0 saturated heterocycles. The number of benzene rings is 1. The highest BCUT2D eigenvalue weighted by Gasteiger charge is 2.24. The number of aryl methyl sites for hydroxylation is 2. The van der Waals surface area contributed by atoms with Crippen LogP contribution in [-0.2, 0) is 6.42 Å². The molecule has 1 unspecified atom stereocenters. The molecule has 1 aliphatic carbocycles. The second kappa shape index (κ2) is 2.99. The van der Waals surface area contributed by atoms with Crippen molar-refractivity contribution >= 4 is 5.78 Å². The Kier molecular flexibility index (Phi) is 1.95. The fourth-order valence-electron chi connectivity index (χ4n) is 2.04. The van der Waals surface area contributed by atoms with E-state index in [1.54, 1.807) is 0 Å². The molecule has 0 amide bonds. The van der Waals surface area contributed by atoms with Gasteiger partial charge in [0, 0.05) is 11.5 Å². The molecule has 0 fully saturated rings. The summed E-state index contributed by atoms with van der Waals surface area (Å²) < 4.78 is 0. The SMILES string of the molecule is Cc1cccc2c1C(=O)C(C)CC2. The van der Waals surface area contributed by atoms with Gasteiger partial charge in [0.1, 0.15) is 0 Å². The number of carbonyl (C=O) groups is 1. The van der Waals surface area contributed by atoms with Crippen molar-refractivity contribution < 1.29 is 4.79 Å². The number of Topliss-reactive ketones (excluding diaryl/α,β-unsaturated/α-hetero) is 1. The highest BCUT2D eigenvalue weighted by atomic mass is 16.1. The average molecular weight is 174 g/mol. The molecule has 1 aromatic rings. The van der Waals surface area contributed by atoms with Gasteiger partial charge < -0.3 is 0 Å². The smallest absolute Gasteiger partial charge is 0.166 e. The maximum Gasteiger partial charge on any atom is 0.166 e. The van der Waals surface area contributed by atoms with Gasteiger partial charge in [0.25, 0.3) is 0 Å². The fourth-order valence-corrected chi connectivity index (χ4v) is 2.04. The summed E-state index contributed by atoms with van der Waals surface area (Å²) in [5.41, 5.74) is 3.36. The molecule has 68 valence electrons. The standard InChI is InChI=1S/C12H14O/c1-8-4-3-5-10-7-6-9(2)12(13)11(8)10/h3-5,9H,6-7H2,1-2H3. The minimum absolute atomic E-state index is 0.216. The maximum absolute atomic E-state index is 11.8. The van der Waals surface area contributed by atoms with E-state index in [0.29, 0.717) is 5.78 Å². The van der Waals surface area contributed by atoms with E-state index in [9.17, 15) is 4.79 Å². The van der Waals surface area contributed by atoms with Crippen molar-refractivity contribution in [2.75, 3.05) is 0 Å². The normalized spacial score (nSPS) is 21.4. The summed E-state index contributed by atoms with van der Waals surface area (Å²) in [4.78, 5) is 11.8. The molecule has 0 radical (unpaired) electrons. The zero-order valence-electron chi connectivity index (χ0n) is 8.13. The van der Waals surface area contributed by atoms with Crippen LogP contribution in [0.25, 0.3) is 0 Å². The second-order valence-corrected chi connectivity index (χ2v) is 3.91. The maximum atomic E-state index is 11.8. The lowest BCUT2D eigenvalue weighted by Crippen LogP contribution is -2.21. The summed E-state index contributed by atoms with van der Waals surface area (Å²) in [6.45, 7) is 4.05. The molecule has 1 heteroatoms. The summed E-state index contributed by atoms with van der Waals surface area (Å²) in [5.74, 6) is 0.549. The molecular formula is C12H14O. The first-order valence-electron chi connectivity index (χ1n) is 4.83. The third-order valence-electron chi connectivity index (χ3n) is 2.90. The van der Waals surface area contributed by atoms with Gasteiger partial charge in [0.2, 0.25) is 0 Å². The van der Waals surface area contributed by atoms with Crippen LogP contribution in [-0.4, -0.2) is 5.78 Å². The zero-order valence-corrected chi connectivity index (χ0v) is 8.13. The van der Waals surface area contributed by atoms with Gasteiger partial charge in [-0.15, -0.1) is 0 Å². The molecule has 2 rings (SSSR count). The third-order valence-corrected chi connectivity index (χ3v) is 2.90. The quantitative estimate of drug-likeness (QED) is 0.591. The average Bonchev–Trinajstić information content (AvgIpc) is 2.12. The lowest BCUT2D eigenvalue weighted by atomic mass is 9.82. The van der Waals surface area contributed by atoms with Crippen molar-refractivity contribution in [1.82, 2.24) is 0 Å². The van der Waals surface area contributed by atoms with Crippen molar-refractivity contribution in [3.63, 3.8) is 0 Å². The highest BCUT2D eigenvalue weighted by Crippen LogP contribution is 2.27. The monoisotopic (exact) mass is 174 g/mol. The molecule has 0 aliphatic heterocycles. The van der Waals surface area contributed by atoms with Crippen LogP contribution >= 0.6 is 0 Å². The second-order valence-electron chi connectivity index (χ2n) is 3.91. The lowest BCUT2D eigenvalue weighted by Gasteiger charge is -2.21. The van der Waals surface area contributed by atoms with Crippen molar-refractivity contribution in [3.05, 3.63) is 34.9 Å². The van der Waals surface area contributed by atoms with Crippen molar-refractivity contribution in [2.24, 2.45) is 5.92 Å². The van der Waals surface area contributed by atoms with Crippen molar-refractivity contribution in [1.29, 1.82) is 0 Å². The number of rotatable bonds is 0. The van der Waals surface area contributed by atoms with Crippen LogP contribution in [0.2, 0.25) is 0 Å². The Morgan fingerprint density at radius 2 is 2.15 bits per heavy atom. The summed E-state index contributed by atoms with van der Waals surface area (Å²) >= 11 is 0. The molecule has 1 aliphatic rings. The van der Waals surface area contributed by atoms with E-state index >= 15 is 0 Å². The summed E-state index contributed by atoms with van der Waals surface area (Å²) in [5, 5.41) is 0. The molecule has 0 aromatic heterocycles. The van der Waals surface area contributed by atoms with Gasteiger partial charge >= 0.3 is 0 Å². The first-order valence-corrected chi connectivity index (χ1v) is 4.83. The van der Waals surface area contributed by atoms with Gasteiger partial charge in [0.15, 0.2) is 5.78 Å². The van der Waals surface area contributed by atoms with E-state index in [4.69, 9.17) is 0 Å². The molecule has 0 N–H and O–H groups in total. The summed E-state index contributed by atoms with van der Waals surface area (Å²) in [6.07, 6.45) is 2.07. The van der Waals surface area contributed by atoms with Crippen LogP contribution < -0.4 is 0 Å². The molecule has 0 saturated carbocycles. The van der Waals surface area contributed by atoms with Crippen LogP contribution in [0.5, 0.6) is 0 Å². The Morgan fingerprint density at radius 1 is 1.38 bits per heavy atom. The summed E-state index contributed by atoms with van der Waals surface area (Å²) in [6, 6.07) is 6.14. The molecule has 13 heavy (non-hydrogen) atoms. The molecule has 1 nitrogen and oxygen atoms in total. The van der Waals surface area contributed by atoms with Crippen molar-refractivity contribution in [2.45, 2.75) is 26.7 Å².